The minimum atomic E-state index is 0.601. The number of fused-ring (bicyclic) bond motifs is 1. The van der Waals surface area contributed by atoms with E-state index in [1.807, 2.05) is 16.3 Å². The van der Waals surface area contributed by atoms with Gasteiger partial charge in [0.15, 0.2) is 10.4 Å². The molecule has 0 spiro atoms. The Balaban J connectivity index is 2.16. The van der Waals surface area contributed by atoms with E-state index in [2.05, 4.69) is 17.0 Å². The van der Waals surface area contributed by atoms with Crippen molar-refractivity contribution in [2.45, 2.75) is 26.3 Å². The molecule has 0 bridgehead atoms. The topological polar surface area (TPSA) is 57.0 Å². The van der Waals surface area contributed by atoms with Gasteiger partial charge in [0, 0.05) is 14.2 Å². The molecule has 0 atom stereocenters. The molecule has 0 saturated heterocycles. The zero-order valence-corrected chi connectivity index (χ0v) is 13.1. The summed E-state index contributed by atoms with van der Waals surface area (Å²) in [7, 11) is 3.62. The highest BCUT2D eigenvalue weighted by atomic mass is 32.1. The summed E-state index contributed by atoms with van der Waals surface area (Å²) in [5.41, 5.74) is 3.17. The number of aryl methyl sites for hydroxylation is 2. The number of rotatable bonds is 8. The Morgan fingerprint density at radius 1 is 1.30 bits per heavy atom. The summed E-state index contributed by atoms with van der Waals surface area (Å²) in [6.07, 6.45) is 2.02. The van der Waals surface area contributed by atoms with E-state index in [1.54, 1.807) is 7.11 Å². The molecule has 0 radical (unpaired) electrons. The van der Waals surface area contributed by atoms with E-state index in [-0.39, 0.29) is 0 Å². The van der Waals surface area contributed by atoms with Crippen LogP contribution >= 0.6 is 12.2 Å². The van der Waals surface area contributed by atoms with E-state index in [9.17, 15) is 0 Å². The van der Waals surface area contributed by atoms with Crippen LogP contribution in [0.25, 0.3) is 11.2 Å². The molecule has 6 nitrogen and oxygen atoms in total. The van der Waals surface area contributed by atoms with Crippen LogP contribution in [0, 0.1) is 4.77 Å². The van der Waals surface area contributed by atoms with Gasteiger partial charge in [-0.3, -0.25) is 9.25 Å². The molecule has 2 aromatic rings. The molecule has 2 rings (SSSR count). The smallest absolute Gasteiger partial charge is 0.179 e. The minimum Gasteiger partial charge on any atom is -0.382 e. The maximum absolute atomic E-state index is 5.51. The number of hydrogen-bond donors (Lipinski definition) is 1. The summed E-state index contributed by atoms with van der Waals surface area (Å²) in [6, 6.07) is 0. The lowest BCUT2D eigenvalue weighted by Crippen LogP contribution is -2.11. The molecular formula is C13H22N4O2S. The average molecular weight is 298 g/mol. The maximum atomic E-state index is 5.51. The Kier molecular flexibility index (Phi) is 5.33. The van der Waals surface area contributed by atoms with Gasteiger partial charge in [-0.15, -0.1) is 0 Å². The van der Waals surface area contributed by atoms with Crippen molar-refractivity contribution < 1.29 is 9.47 Å². The van der Waals surface area contributed by atoms with Crippen molar-refractivity contribution in [2.75, 3.05) is 26.9 Å². The molecule has 0 unspecified atom stereocenters. The summed E-state index contributed by atoms with van der Waals surface area (Å²) < 4.78 is 15.1. The third-order valence-corrected chi connectivity index (χ3v) is 3.52. The molecule has 2 aromatic heterocycles. The van der Waals surface area contributed by atoms with Crippen molar-refractivity contribution in [3.05, 3.63) is 10.5 Å². The van der Waals surface area contributed by atoms with Crippen molar-refractivity contribution in [3.8, 4) is 0 Å². The molecule has 0 aliphatic rings. The fraction of sp³-hybridized carbons (Fsp3) is 0.692. The molecule has 0 saturated carbocycles. The number of nitrogens with zero attached hydrogens (tertiary/aromatic N) is 3. The van der Waals surface area contributed by atoms with Crippen molar-refractivity contribution in [3.63, 3.8) is 0 Å². The standard InChI is InChI=1S/C13H22N4O2S/c1-4-5-10-11-12(16(2)15-10)17(13(20)14-11)6-7-19-9-8-18-3/h4-9H2,1-3H3,(H,14,20). The fourth-order valence-corrected chi connectivity index (χ4v) is 2.58. The van der Waals surface area contributed by atoms with Gasteiger partial charge in [0.2, 0.25) is 0 Å². The Bertz CT molecular complexity index is 614. The van der Waals surface area contributed by atoms with Crippen LogP contribution in [-0.4, -0.2) is 46.3 Å². The molecule has 0 amide bonds. The first-order chi connectivity index (χ1) is 9.69. The number of ether oxygens (including phenoxy) is 2. The van der Waals surface area contributed by atoms with Gasteiger partial charge in [-0.25, -0.2) is 0 Å². The second-order valence-corrected chi connectivity index (χ2v) is 5.09. The number of imidazole rings is 1. The van der Waals surface area contributed by atoms with Gasteiger partial charge < -0.3 is 14.5 Å². The number of H-pyrrole nitrogens is 1. The van der Waals surface area contributed by atoms with Gasteiger partial charge in [-0.05, 0) is 18.6 Å². The van der Waals surface area contributed by atoms with Crippen molar-refractivity contribution >= 4 is 23.4 Å². The van der Waals surface area contributed by atoms with Crippen molar-refractivity contribution in [1.29, 1.82) is 0 Å². The largest absolute Gasteiger partial charge is 0.382 e. The number of aromatic amines is 1. The molecule has 20 heavy (non-hydrogen) atoms. The zero-order valence-electron chi connectivity index (χ0n) is 12.3. The van der Waals surface area contributed by atoms with Crippen LogP contribution < -0.4 is 0 Å². The summed E-state index contributed by atoms with van der Waals surface area (Å²) >= 11 is 5.40. The van der Waals surface area contributed by atoms with Crippen LogP contribution in [0.1, 0.15) is 19.0 Å². The predicted octanol–water partition coefficient (Wildman–Crippen LogP) is 2.05. The van der Waals surface area contributed by atoms with Crippen LogP contribution in [0.3, 0.4) is 0 Å². The Labute approximate surface area is 123 Å². The highest BCUT2D eigenvalue weighted by Crippen LogP contribution is 2.18. The van der Waals surface area contributed by atoms with Gasteiger partial charge in [-0.2, -0.15) is 5.10 Å². The Morgan fingerprint density at radius 2 is 2.10 bits per heavy atom. The lowest BCUT2D eigenvalue weighted by molar-refractivity contribution is 0.0667. The minimum absolute atomic E-state index is 0.601. The summed E-state index contributed by atoms with van der Waals surface area (Å²) in [4.78, 5) is 3.27. The van der Waals surface area contributed by atoms with Crippen LogP contribution in [0.2, 0.25) is 0 Å². The van der Waals surface area contributed by atoms with E-state index in [4.69, 9.17) is 21.7 Å². The number of nitrogens with one attached hydrogen (secondary N) is 1. The number of hydrogen-bond acceptors (Lipinski definition) is 4. The summed E-state index contributed by atoms with van der Waals surface area (Å²) in [6.45, 7) is 4.69. The summed E-state index contributed by atoms with van der Waals surface area (Å²) in [5, 5.41) is 4.56. The predicted molar refractivity (Wildman–Crippen MR) is 80.6 cm³/mol. The molecule has 0 aromatic carbocycles. The number of methoxy groups -OCH3 is 1. The summed E-state index contributed by atoms with van der Waals surface area (Å²) in [5.74, 6) is 0. The van der Waals surface area contributed by atoms with E-state index >= 15 is 0 Å². The molecule has 0 aliphatic heterocycles. The van der Waals surface area contributed by atoms with Crippen molar-refractivity contribution in [2.24, 2.45) is 7.05 Å². The van der Waals surface area contributed by atoms with Crippen LogP contribution in [0.4, 0.5) is 0 Å². The Hall–Kier alpha value is -1.18. The van der Waals surface area contributed by atoms with Gasteiger partial charge in [-0.1, -0.05) is 13.3 Å². The van der Waals surface area contributed by atoms with Gasteiger partial charge in [0.1, 0.15) is 5.52 Å². The van der Waals surface area contributed by atoms with Crippen LogP contribution in [-0.2, 0) is 29.5 Å². The van der Waals surface area contributed by atoms with Gasteiger partial charge in [0.25, 0.3) is 0 Å². The average Bonchev–Trinajstić information content (AvgIpc) is 2.89. The second-order valence-electron chi connectivity index (χ2n) is 4.71. The van der Waals surface area contributed by atoms with E-state index in [0.29, 0.717) is 26.4 Å². The maximum Gasteiger partial charge on any atom is 0.179 e. The number of aromatic nitrogens is 4. The SMILES string of the molecule is CCCc1nn(C)c2c1[nH]c(=S)n2CCOCCOC. The highest BCUT2D eigenvalue weighted by Gasteiger charge is 2.14. The molecule has 2 heterocycles. The van der Waals surface area contributed by atoms with Crippen LogP contribution in [0.5, 0.6) is 0 Å². The lowest BCUT2D eigenvalue weighted by Gasteiger charge is -2.06. The van der Waals surface area contributed by atoms with Gasteiger partial charge >= 0.3 is 0 Å². The zero-order chi connectivity index (χ0) is 14.5. The molecule has 112 valence electrons. The molecular weight excluding hydrogens is 276 g/mol. The van der Waals surface area contributed by atoms with E-state index in [1.165, 1.54) is 0 Å². The van der Waals surface area contributed by atoms with E-state index in [0.717, 1.165) is 34.5 Å². The van der Waals surface area contributed by atoms with Gasteiger partial charge in [0.05, 0.1) is 32.1 Å². The van der Waals surface area contributed by atoms with Crippen LogP contribution in [0.15, 0.2) is 0 Å². The first kappa shape index (κ1) is 15.2. The Morgan fingerprint density at radius 3 is 2.80 bits per heavy atom. The third kappa shape index (κ3) is 3.11. The van der Waals surface area contributed by atoms with E-state index < -0.39 is 0 Å². The van der Waals surface area contributed by atoms with Crippen molar-refractivity contribution in [1.82, 2.24) is 19.3 Å². The third-order valence-electron chi connectivity index (χ3n) is 3.20. The monoisotopic (exact) mass is 298 g/mol. The second kappa shape index (κ2) is 7.01. The quantitative estimate of drug-likeness (QED) is 0.598. The first-order valence-electron chi connectivity index (χ1n) is 6.90. The molecule has 0 aliphatic carbocycles. The lowest BCUT2D eigenvalue weighted by atomic mass is 10.2. The highest BCUT2D eigenvalue weighted by molar-refractivity contribution is 7.71. The fourth-order valence-electron chi connectivity index (χ4n) is 2.30. The molecule has 1 N–H and O–H groups in total. The molecule has 7 heteroatoms. The first-order valence-corrected chi connectivity index (χ1v) is 7.31. The molecule has 0 fully saturated rings. The normalized spacial score (nSPS) is 11.6.